The fraction of sp³-hybridized carbons (Fsp3) is 0.727. The van der Waals surface area contributed by atoms with E-state index in [1.165, 1.54) is 0 Å². The molecule has 0 aromatic carbocycles. The van der Waals surface area contributed by atoms with Crippen molar-refractivity contribution >= 4 is 5.97 Å². The minimum Gasteiger partial charge on any atom is -0.463 e. The van der Waals surface area contributed by atoms with Crippen molar-refractivity contribution in [2.75, 3.05) is 26.3 Å². The number of likely N-dealkylation sites (tertiary alicyclic amines) is 1. The van der Waals surface area contributed by atoms with Crippen molar-refractivity contribution in [3.8, 4) is 0 Å². The van der Waals surface area contributed by atoms with Crippen LogP contribution in [0.3, 0.4) is 0 Å². The van der Waals surface area contributed by atoms with Gasteiger partial charge in [0.05, 0.1) is 6.61 Å². The number of hydrogen-bond acceptors (Lipinski definition) is 4. The molecule has 0 radical (unpaired) electrons. The van der Waals surface area contributed by atoms with Gasteiger partial charge in [0.25, 0.3) is 0 Å². The summed E-state index contributed by atoms with van der Waals surface area (Å²) in [7, 11) is 0. The van der Waals surface area contributed by atoms with Crippen molar-refractivity contribution in [1.29, 1.82) is 0 Å². The van der Waals surface area contributed by atoms with Crippen LogP contribution >= 0.6 is 0 Å². The molecule has 4 nitrogen and oxygen atoms in total. The van der Waals surface area contributed by atoms with Crippen LogP contribution in [0.4, 0.5) is 0 Å². The third kappa shape index (κ3) is 3.91. The number of carbonyl (C=O) groups is 1. The summed E-state index contributed by atoms with van der Waals surface area (Å²) < 4.78 is 4.87. The first-order valence-electron chi connectivity index (χ1n) is 5.51. The maximum absolute atomic E-state index is 11.2. The highest BCUT2D eigenvalue weighted by Gasteiger charge is 2.17. The fourth-order valence-electron chi connectivity index (χ4n) is 1.75. The Balaban J connectivity index is 2.47. The topological polar surface area (TPSA) is 49.8 Å². The number of rotatable bonds is 5. The molecule has 0 bridgehead atoms. The summed E-state index contributed by atoms with van der Waals surface area (Å²) in [5.74, 6) is -0.261. The van der Waals surface area contributed by atoms with Crippen LogP contribution in [0.5, 0.6) is 0 Å². The molecule has 0 atom stereocenters. The fourth-order valence-corrected chi connectivity index (χ4v) is 1.75. The van der Waals surface area contributed by atoms with Crippen LogP contribution in [0, 0.1) is 0 Å². The molecule has 4 heteroatoms. The predicted molar refractivity (Wildman–Crippen MR) is 57.2 cm³/mol. The van der Waals surface area contributed by atoms with E-state index in [9.17, 15) is 4.79 Å². The Hall–Kier alpha value is -1.03. The number of carbonyl (C=O) groups excluding carboxylic acids is 1. The van der Waals surface area contributed by atoms with E-state index in [1.807, 2.05) is 0 Å². The zero-order valence-electron chi connectivity index (χ0n) is 9.24. The van der Waals surface area contributed by atoms with Gasteiger partial charge in [-0.3, -0.25) is 0 Å². The van der Waals surface area contributed by atoms with E-state index < -0.39 is 0 Å². The smallest absolute Gasteiger partial charge is 0.332 e. The largest absolute Gasteiger partial charge is 0.463 e. The van der Waals surface area contributed by atoms with Gasteiger partial charge in [-0.15, -0.1) is 0 Å². The Bertz CT molecular complexity index is 238. The van der Waals surface area contributed by atoms with Crippen LogP contribution in [-0.4, -0.2) is 42.3 Å². The molecule has 0 aromatic heterocycles. The molecule has 1 fully saturated rings. The highest BCUT2D eigenvalue weighted by Crippen LogP contribution is 2.20. The van der Waals surface area contributed by atoms with Crippen molar-refractivity contribution in [1.82, 2.24) is 4.90 Å². The van der Waals surface area contributed by atoms with E-state index >= 15 is 0 Å². The van der Waals surface area contributed by atoms with Gasteiger partial charge in [0.2, 0.25) is 0 Å². The van der Waals surface area contributed by atoms with Crippen LogP contribution in [0.2, 0.25) is 0 Å². The minimum absolute atomic E-state index is 0.198. The molecule has 0 amide bonds. The van der Waals surface area contributed by atoms with Gasteiger partial charge < -0.3 is 14.7 Å². The van der Waals surface area contributed by atoms with Crippen molar-refractivity contribution in [2.45, 2.75) is 26.2 Å². The van der Waals surface area contributed by atoms with E-state index in [0.717, 1.165) is 38.0 Å². The summed E-state index contributed by atoms with van der Waals surface area (Å²) in [6.07, 6.45) is 4.34. The Morgan fingerprint density at radius 3 is 3.13 bits per heavy atom. The summed E-state index contributed by atoms with van der Waals surface area (Å²) >= 11 is 0. The summed E-state index contributed by atoms with van der Waals surface area (Å²) in [5, 5.41) is 8.74. The number of allylic oxidation sites excluding steroid dienone is 1. The molecule has 0 aromatic rings. The Labute approximate surface area is 90.5 Å². The monoisotopic (exact) mass is 213 g/mol. The molecule has 1 N–H and O–H groups in total. The first kappa shape index (κ1) is 12.0. The van der Waals surface area contributed by atoms with Gasteiger partial charge in [-0.2, -0.15) is 0 Å². The van der Waals surface area contributed by atoms with Gasteiger partial charge in [-0.05, 0) is 26.2 Å². The molecule has 0 spiro atoms. The third-order valence-electron chi connectivity index (χ3n) is 2.42. The zero-order chi connectivity index (χ0) is 11.1. The number of esters is 1. The van der Waals surface area contributed by atoms with E-state index in [0.29, 0.717) is 6.61 Å². The van der Waals surface area contributed by atoms with Crippen molar-refractivity contribution in [2.24, 2.45) is 0 Å². The maximum Gasteiger partial charge on any atom is 0.332 e. The van der Waals surface area contributed by atoms with E-state index in [1.54, 1.807) is 13.0 Å². The highest BCUT2D eigenvalue weighted by atomic mass is 16.5. The predicted octanol–water partition coefficient (Wildman–Crippen LogP) is 0.912. The van der Waals surface area contributed by atoms with Crippen LogP contribution in [0.1, 0.15) is 26.2 Å². The summed E-state index contributed by atoms with van der Waals surface area (Å²) in [4.78, 5) is 13.4. The van der Waals surface area contributed by atoms with Gasteiger partial charge in [-0.1, -0.05) is 0 Å². The molecule has 86 valence electrons. The lowest BCUT2D eigenvalue weighted by atomic mass is 10.3. The molecule has 1 aliphatic heterocycles. The summed E-state index contributed by atoms with van der Waals surface area (Å²) in [6, 6.07) is 0. The van der Waals surface area contributed by atoms with Crippen molar-refractivity contribution < 1.29 is 14.6 Å². The first-order chi connectivity index (χ1) is 7.27. The van der Waals surface area contributed by atoms with Crippen LogP contribution in [-0.2, 0) is 9.53 Å². The minimum atomic E-state index is -0.261. The molecule has 0 unspecified atom stereocenters. The Morgan fingerprint density at radius 1 is 1.67 bits per heavy atom. The van der Waals surface area contributed by atoms with Gasteiger partial charge in [-0.25, -0.2) is 4.79 Å². The second kappa shape index (κ2) is 6.45. The molecule has 0 aliphatic carbocycles. The molecular weight excluding hydrogens is 194 g/mol. The lowest BCUT2D eigenvalue weighted by molar-refractivity contribution is -0.137. The Kier molecular flexibility index (Phi) is 5.18. The molecule has 1 rings (SSSR count). The molecule has 1 heterocycles. The third-order valence-corrected chi connectivity index (χ3v) is 2.42. The number of aliphatic hydroxyl groups excluding tert-OH is 1. The number of aliphatic hydroxyl groups is 1. The molecule has 1 aliphatic rings. The first-order valence-corrected chi connectivity index (χ1v) is 5.51. The van der Waals surface area contributed by atoms with Crippen LogP contribution < -0.4 is 0 Å². The lowest BCUT2D eigenvalue weighted by Crippen LogP contribution is -2.20. The zero-order valence-corrected chi connectivity index (χ0v) is 9.24. The number of nitrogens with zero attached hydrogens (tertiary/aromatic N) is 1. The van der Waals surface area contributed by atoms with E-state index in [-0.39, 0.29) is 12.6 Å². The van der Waals surface area contributed by atoms with E-state index in [2.05, 4.69) is 4.90 Å². The van der Waals surface area contributed by atoms with E-state index in [4.69, 9.17) is 9.84 Å². The molecule has 15 heavy (non-hydrogen) atoms. The Morgan fingerprint density at radius 2 is 2.47 bits per heavy atom. The average Bonchev–Trinajstić information content (AvgIpc) is 2.63. The number of ether oxygens (including phenoxy) is 1. The van der Waals surface area contributed by atoms with Gasteiger partial charge in [0, 0.05) is 31.5 Å². The van der Waals surface area contributed by atoms with Crippen LogP contribution in [0.25, 0.3) is 0 Å². The van der Waals surface area contributed by atoms with Crippen molar-refractivity contribution in [3.05, 3.63) is 11.8 Å². The maximum atomic E-state index is 11.2. The molecule has 0 saturated carbocycles. The summed E-state index contributed by atoms with van der Waals surface area (Å²) in [6.45, 7) is 4.21. The normalized spacial score (nSPS) is 18.5. The second-order valence-electron chi connectivity index (χ2n) is 3.56. The lowest BCUT2D eigenvalue weighted by Gasteiger charge is -2.18. The highest BCUT2D eigenvalue weighted by molar-refractivity contribution is 5.82. The van der Waals surface area contributed by atoms with Gasteiger partial charge >= 0.3 is 5.97 Å². The van der Waals surface area contributed by atoms with Crippen LogP contribution in [0.15, 0.2) is 11.8 Å². The van der Waals surface area contributed by atoms with Crippen molar-refractivity contribution in [3.63, 3.8) is 0 Å². The summed E-state index contributed by atoms with van der Waals surface area (Å²) in [5.41, 5.74) is 1.04. The van der Waals surface area contributed by atoms with Gasteiger partial charge in [0.15, 0.2) is 0 Å². The SMILES string of the molecule is CCOC(=O)/C=C1\CCCN1CCCO. The molecular formula is C11H19NO3. The molecule has 1 saturated heterocycles. The second-order valence-corrected chi connectivity index (χ2v) is 3.56. The average molecular weight is 213 g/mol. The quantitative estimate of drug-likeness (QED) is 0.545. The number of hydrogen-bond donors (Lipinski definition) is 1. The standard InChI is InChI=1S/C11H19NO3/c1-2-15-11(14)9-10-5-3-6-12(10)7-4-8-13/h9,13H,2-8H2,1H3/b10-9+. The van der Waals surface area contributed by atoms with Gasteiger partial charge in [0.1, 0.15) is 0 Å².